The number of pyridine rings is 1. The molecule has 1 fully saturated rings. The molecule has 4 rings (SSSR count). The summed E-state index contributed by atoms with van der Waals surface area (Å²) in [6.45, 7) is 5.05. The molecule has 1 amide bonds. The van der Waals surface area contributed by atoms with E-state index in [4.69, 9.17) is 9.47 Å². The van der Waals surface area contributed by atoms with Crippen LogP contribution < -0.4 is 9.47 Å². The summed E-state index contributed by atoms with van der Waals surface area (Å²) < 4.78 is 11.3. The van der Waals surface area contributed by atoms with Gasteiger partial charge in [-0.1, -0.05) is 12.1 Å². The summed E-state index contributed by atoms with van der Waals surface area (Å²) >= 11 is 0. The summed E-state index contributed by atoms with van der Waals surface area (Å²) in [5.74, 6) is 2.52. The van der Waals surface area contributed by atoms with E-state index in [1.165, 1.54) is 18.4 Å². The molecule has 0 N–H and O–H groups in total. The fourth-order valence-electron chi connectivity index (χ4n) is 4.45. The quantitative estimate of drug-likeness (QED) is 0.650. The maximum absolute atomic E-state index is 12.6. The molecular formula is C25H33N3O3. The lowest BCUT2D eigenvalue weighted by Crippen LogP contribution is -2.36. The van der Waals surface area contributed by atoms with E-state index in [2.05, 4.69) is 22.0 Å². The fourth-order valence-corrected chi connectivity index (χ4v) is 4.45. The Balaban J connectivity index is 1.21. The van der Waals surface area contributed by atoms with Gasteiger partial charge in [-0.05, 0) is 61.6 Å². The smallest absolute Gasteiger partial charge is 0.222 e. The first-order valence-corrected chi connectivity index (χ1v) is 11.4. The van der Waals surface area contributed by atoms with E-state index in [1.807, 2.05) is 36.2 Å². The number of likely N-dealkylation sites (tertiary alicyclic amines) is 1. The summed E-state index contributed by atoms with van der Waals surface area (Å²) in [6.07, 6.45) is 6.60. The number of likely N-dealkylation sites (N-methyl/N-ethyl adjacent to an activating group) is 1. The third kappa shape index (κ3) is 6.20. The van der Waals surface area contributed by atoms with Crippen LogP contribution in [0.5, 0.6) is 11.5 Å². The van der Waals surface area contributed by atoms with Gasteiger partial charge in [0.2, 0.25) is 5.91 Å². The van der Waals surface area contributed by atoms with E-state index < -0.39 is 0 Å². The molecular weight excluding hydrogens is 390 g/mol. The SMILES string of the molecule is CN(CCc1ccccn1)C(=O)CCC1CCCN(Cc2ccc3c(c2)OCCO3)C1. The molecule has 2 aliphatic heterocycles. The van der Waals surface area contributed by atoms with Gasteiger partial charge in [0.25, 0.3) is 0 Å². The Kier molecular flexibility index (Phi) is 7.41. The van der Waals surface area contributed by atoms with E-state index in [9.17, 15) is 4.79 Å². The van der Waals surface area contributed by atoms with Crippen molar-refractivity contribution < 1.29 is 14.3 Å². The minimum absolute atomic E-state index is 0.236. The van der Waals surface area contributed by atoms with E-state index in [-0.39, 0.29) is 5.91 Å². The molecule has 166 valence electrons. The Hall–Kier alpha value is -2.60. The van der Waals surface area contributed by atoms with Gasteiger partial charge in [0, 0.05) is 51.4 Å². The zero-order valence-corrected chi connectivity index (χ0v) is 18.5. The van der Waals surface area contributed by atoms with Gasteiger partial charge in [-0.3, -0.25) is 14.7 Å². The summed E-state index contributed by atoms with van der Waals surface area (Å²) in [5.41, 5.74) is 2.29. The molecule has 0 bridgehead atoms. The number of hydrogen-bond acceptors (Lipinski definition) is 5. The molecule has 1 saturated heterocycles. The highest BCUT2D eigenvalue weighted by Crippen LogP contribution is 2.31. The first kappa shape index (κ1) is 21.6. The lowest BCUT2D eigenvalue weighted by atomic mass is 9.93. The fraction of sp³-hybridized carbons (Fsp3) is 0.520. The number of amides is 1. The van der Waals surface area contributed by atoms with Crippen molar-refractivity contribution in [1.29, 1.82) is 0 Å². The maximum atomic E-state index is 12.6. The second kappa shape index (κ2) is 10.6. The second-order valence-electron chi connectivity index (χ2n) is 8.65. The maximum Gasteiger partial charge on any atom is 0.222 e. The Labute approximate surface area is 185 Å². The van der Waals surface area contributed by atoms with Crippen molar-refractivity contribution in [2.75, 3.05) is 39.9 Å². The Morgan fingerprint density at radius 1 is 1.19 bits per heavy atom. The van der Waals surface area contributed by atoms with E-state index >= 15 is 0 Å². The van der Waals surface area contributed by atoms with Gasteiger partial charge >= 0.3 is 0 Å². The van der Waals surface area contributed by atoms with Gasteiger partial charge < -0.3 is 14.4 Å². The molecule has 6 nitrogen and oxygen atoms in total. The molecule has 1 atom stereocenters. The van der Waals surface area contributed by atoms with E-state index in [0.717, 1.165) is 56.2 Å². The topological polar surface area (TPSA) is 54.9 Å². The van der Waals surface area contributed by atoms with Crippen LogP contribution in [0.3, 0.4) is 0 Å². The largest absolute Gasteiger partial charge is 0.486 e. The summed E-state index contributed by atoms with van der Waals surface area (Å²) in [6, 6.07) is 12.2. The average Bonchev–Trinajstić information content (AvgIpc) is 2.82. The highest BCUT2D eigenvalue weighted by molar-refractivity contribution is 5.75. The van der Waals surface area contributed by atoms with Crippen molar-refractivity contribution in [1.82, 2.24) is 14.8 Å². The Bertz CT molecular complexity index is 858. The van der Waals surface area contributed by atoms with Crippen molar-refractivity contribution in [3.63, 3.8) is 0 Å². The number of ether oxygens (including phenoxy) is 2. The zero-order chi connectivity index (χ0) is 21.5. The van der Waals surface area contributed by atoms with Crippen LogP contribution in [-0.4, -0.2) is 60.6 Å². The molecule has 1 unspecified atom stereocenters. The summed E-state index contributed by atoms with van der Waals surface area (Å²) in [5, 5.41) is 0. The number of hydrogen-bond donors (Lipinski definition) is 0. The Morgan fingerprint density at radius 2 is 2.06 bits per heavy atom. The number of carbonyl (C=O) groups is 1. The van der Waals surface area contributed by atoms with Gasteiger partial charge in [-0.2, -0.15) is 0 Å². The molecule has 2 aliphatic rings. The third-order valence-corrected chi connectivity index (χ3v) is 6.24. The molecule has 0 spiro atoms. The molecule has 3 heterocycles. The number of aromatic nitrogens is 1. The number of rotatable bonds is 8. The number of fused-ring (bicyclic) bond motifs is 1. The monoisotopic (exact) mass is 423 g/mol. The first-order chi connectivity index (χ1) is 15.2. The normalized spacial score (nSPS) is 18.5. The van der Waals surface area contributed by atoms with Crippen LogP contribution in [0.2, 0.25) is 0 Å². The van der Waals surface area contributed by atoms with Crippen LogP contribution >= 0.6 is 0 Å². The molecule has 0 saturated carbocycles. The second-order valence-corrected chi connectivity index (χ2v) is 8.65. The molecule has 31 heavy (non-hydrogen) atoms. The van der Waals surface area contributed by atoms with Crippen LogP contribution in [0.25, 0.3) is 0 Å². The summed E-state index contributed by atoms with van der Waals surface area (Å²) in [7, 11) is 1.90. The average molecular weight is 424 g/mol. The standard InChI is InChI=1S/C25H33N3O3/c1-27(14-11-22-6-2-3-12-26-22)25(29)10-8-20-5-4-13-28(18-20)19-21-7-9-23-24(17-21)31-16-15-30-23/h2-3,6-7,9,12,17,20H,4-5,8,10-11,13-16,18-19H2,1H3. The molecule has 0 aliphatic carbocycles. The summed E-state index contributed by atoms with van der Waals surface area (Å²) in [4.78, 5) is 21.3. The molecule has 2 aromatic rings. The van der Waals surface area contributed by atoms with Crippen molar-refractivity contribution in [2.24, 2.45) is 5.92 Å². The van der Waals surface area contributed by atoms with E-state index in [0.29, 0.717) is 25.6 Å². The van der Waals surface area contributed by atoms with Crippen LogP contribution in [0.4, 0.5) is 0 Å². The number of piperidine rings is 1. The van der Waals surface area contributed by atoms with Crippen molar-refractivity contribution in [3.8, 4) is 11.5 Å². The highest BCUT2D eigenvalue weighted by Gasteiger charge is 2.22. The minimum Gasteiger partial charge on any atom is -0.486 e. The van der Waals surface area contributed by atoms with Crippen molar-refractivity contribution in [2.45, 2.75) is 38.6 Å². The van der Waals surface area contributed by atoms with Gasteiger partial charge in [0.05, 0.1) is 0 Å². The first-order valence-electron chi connectivity index (χ1n) is 11.4. The Morgan fingerprint density at radius 3 is 2.90 bits per heavy atom. The van der Waals surface area contributed by atoms with Gasteiger partial charge in [0.15, 0.2) is 11.5 Å². The van der Waals surface area contributed by atoms with Crippen molar-refractivity contribution >= 4 is 5.91 Å². The zero-order valence-electron chi connectivity index (χ0n) is 18.5. The molecule has 6 heteroatoms. The number of nitrogens with zero attached hydrogens (tertiary/aromatic N) is 3. The third-order valence-electron chi connectivity index (χ3n) is 6.24. The van der Waals surface area contributed by atoms with Gasteiger partial charge in [-0.25, -0.2) is 0 Å². The van der Waals surface area contributed by atoms with Crippen LogP contribution in [0.15, 0.2) is 42.6 Å². The van der Waals surface area contributed by atoms with E-state index in [1.54, 1.807) is 6.20 Å². The van der Waals surface area contributed by atoms with Crippen LogP contribution in [-0.2, 0) is 17.8 Å². The predicted octanol–water partition coefficient (Wildman–Crippen LogP) is 3.55. The van der Waals surface area contributed by atoms with Crippen molar-refractivity contribution in [3.05, 3.63) is 53.9 Å². The predicted molar refractivity (Wildman–Crippen MR) is 120 cm³/mol. The van der Waals surface area contributed by atoms with Gasteiger partial charge in [-0.15, -0.1) is 0 Å². The highest BCUT2D eigenvalue weighted by atomic mass is 16.6. The molecule has 1 aromatic heterocycles. The lowest BCUT2D eigenvalue weighted by molar-refractivity contribution is -0.130. The number of carbonyl (C=O) groups excluding carboxylic acids is 1. The lowest BCUT2D eigenvalue weighted by Gasteiger charge is -2.33. The van der Waals surface area contributed by atoms with Gasteiger partial charge in [0.1, 0.15) is 13.2 Å². The molecule has 1 aromatic carbocycles. The molecule has 0 radical (unpaired) electrons. The van der Waals surface area contributed by atoms with Crippen LogP contribution in [0.1, 0.15) is 36.9 Å². The number of benzene rings is 1. The van der Waals surface area contributed by atoms with Crippen LogP contribution in [0, 0.1) is 5.92 Å². The minimum atomic E-state index is 0.236.